The average molecular weight is 458 g/mol. The molecule has 0 atom stereocenters. The van der Waals surface area contributed by atoms with Gasteiger partial charge in [-0.1, -0.05) is 35.7 Å². The van der Waals surface area contributed by atoms with E-state index in [0.717, 1.165) is 22.4 Å². The molecule has 0 spiro atoms. The second kappa shape index (κ2) is 9.56. The quantitative estimate of drug-likeness (QED) is 0.288. The van der Waals surface area contributed by atoms with Crippen LogP contribution in [0, 0.1) is 0 Å². The van der Waals surface area contributed by atoms with E-state index in [4.69, 9.17) is 4.42 Å². The predicted molar refractivity (Wildman–Crippen MR) is 124 cm³/mol. The maximum atomic E-state index is 12.2. The molecule has 1 aromatic carbocycles. The molecule has 0 fully saturated rings. The van der Waals surface area contributed by atoms with Crippen molar-refractivity contribution in [1.82, 2.24) is 30.0 Å². The van der Waals surface area contributed by atoms with Crippen molar-refractivity contribution in [3.63, 3.8) is 0 Å². The van der Waals surface area contributed by atoms with Crippen LogP contribution in [0.2, 0.25) is 0 Å². The zero-order chi connectivity index (χ0) is 21.8. The summed E-state index contributed by atoms with van der Waals surface area (Å²) in [6.45, 7) is 5.07. The lowest BCUT2D eigenvalue weighted by Gasteiger charge is -2.11. The maximum Gasteiger partial charge on any atom is 0.257 e. The van der Waals surface area contributed by atoms with Gasteiger partial charge in [-0.15, -0.1) is 0 Å². The van der Waals surface area contributed by atoms with Gasteiger partial charge in [-0.3, -0.25) is 4.79 Å². The number of anilines is 1. The molecule has 0 saturated carbocycles. The Labute approximate surface area is 187 Å². The number of thioether (sulfide) groups is 2. The number of hydrogen-bond donors (Lipinski definition) is 2. The molecule has 0 aliphatic rings. The number of nitrogens with zero attached hydrogens (tertiary/aromatic N) is 5. The number of carbonyl (C=O) groups excluding carboxylic acids is 1. The molecule has 2 N–H and O–H groups in total. The number of benzene rings is 1. The maximum absolute atomic E-state index is 12.2. The van der Waals surface area contributed by atoms with E-state index in [0.29, 0.717) is 29.1 Å². The number of rotatable bonds is 9. The van der Waals surface area contributed by atoms with E-state index >= 15 is 0 Å². The molecule has 1 amide bonds. The first-order valence-corrected chi connectivity index (χ1v) is 12.0. The highest BCUT2D eigenvalue weighted by molar-refractivity contribution is 7.99. The highest BCUT2D eigenvalue weighted by Gasteiger charge is 2.14. The van der Waals surface area contributed by atoms with Crippen molar-refractivity contribution in [2.45, 2.75) is 36.8 Å². The minimum atomic E-state index is -0.0923. The molecule has 0 radical (unpaired) electrons. The molecule has 0 saturated heterocycles. The van der Waals surface area contributed by atoms with Crippen molar-refractivity contribution < 1.29 is 9.21 Å². The zero-order valence-corrected chi connectivity index (χ0v) is 19.1. The monoisotopic (exact) mass is 457 g/mol. The first-order valence-electron chi connectivity index (χ1n) is 9.82. The van der Waals surface area contributed by atoms with Crippen LogP contribution in [0.1, 0.15) is 13.8 Å². The largest absolute Gasteiger partial charge is 0.431 e. The molecule has 9 nitrogen and oxygen atoms in total. The van der Waals surface area contributed by atoms with Gasteiger partial charge in [0.25, 0.3) is 5.22 Å². The third-order valence-corrected chi connectivity index (χ3v) is 5.71. The van der Waals surface area contributed by atoms with Crippen LogP contribution in [-0.2, 0) is 11.3 Å². The molecule has 0 aliphatic heterocycles. The fourth-order valence-electron chi connectivity index (χ4n) is 2.97. The fraction of sp³-hybridized carbons (Fsp3) is 0.350. The second-order valence-electron chi connectivity index (χ2n) is 7.05. The lowest BCUT2D eigenvalue weighted by molar-refractivity contribution is -0.118. The fourth-order valence-corrected chi connectivity index (χ4v) is 3.99. The Hall–Kier alpha value is -2.79. The topological polar surface area (TPSA) is 111 Å². The summed E-state index contributed by atoms with van der Waals surface area (Å²) in [5.41, 5.74) is 2.25. The van der Waals surface area contributed by atoms with Gasteiger partial charge < -0.3 is 15.1 Å². The molecule has 3 heterocycles. The van der Waals surface area contributed by atoms with Gasteiger partial charge in [0.2, 0.25) is 5.91 Å². The van der Waals surface area contributed by atoms with Crippen molar-refractivity contribution >= 4 is 57.4 Å². The second-order valence-corrected chi connectivity index (χ2v) is 8.75. The number of oxazole rings is 1. The lowest BCUT2D eigenvalue weighted by atomic mass is 10.3. The van der Waals surface area contributed by atoms with E-state index in [1.807, 2.05) is 30.5 Å². The van der Waals surface area contributed by atoms with Gasteiger partial charge in [0, 0.05) is 12.6 Å². The molecule has 0 bridgehead atoms. The van der Waals surface area contributed by atoms with Crippen LogP contribution in [0.4, 0.5) is 5.82 Å². The van der Waals surface area contributed by atoms with E-state index in [9.17, 15) is 4.79 Å². The minimum Gasteiger partial charge on any atom is -0.431 e. The first-order chi connectivity index (χ1) is 15.0. The summed E-state index contributed by atoms with van der Waals surface area (Å²) in [4.78, 5) is 25.7. The van der Waals surface area contributed by atoms with Crippen LogP contribution in [0.25, 0.3) is 22.1 Å². The van der Waals surface area contributed by atoms with Crippen molar-refractivity contribution in [2.75, 3.05) is 23.9 Å². The van der Waals surface area contributed by atoms with E-state index < -0.39 is 0 Å². The van der Waals surface area contributed by atoms with Gasteiger partial charge in [-0.25, -0.2) is 19.6 Å². The molecular formula is C20H23N7O2S2. The Morgan fingerprint density at radius 1 is 1.23 bits per heavy atom. The van der Waals surface area contributed by atoms with Crippen molar-refractivity contribution in [3.8, 4) is 0 Å². The molecule has 0 unspecified atom stereocenters. The summed E-state index contributed by atoms with van der Waals surface area (Å²) in [6.07, 6.45) is 3.70. The third kappa shape index (κ3) is 5.10. The van der Waals surface area contributed by atoms with Crippen LogP contribution in [0.15, 0.2) is 45.3 Å². The van der Waals surface area contributed by atoms with Gasteiger partial charge in [0.15, 0.2) is 16.4 Å². The molecule has 11 heteroatoms. The van der Waals surface area contributed by atoms with E-state index in [1.165, 1.54) is 23.5 Å². The van der Waals surface area contributed by atoms with Gasteiger partial charge in [0.05, 0.1) is 23.9 Å². The van der Waals surface area contributed by atoms with E-state index in [1.54, 1.807) is 10.9 Å². The average Bonchev–Trinajstić information content (AvgIpc) is 3.35. The third-order valence-electron chi connectivity index (χ3n) is 4.33. The summed E-state index contributed by atoms with van der Waals surface area (Å²) in [5, 5.41) is 12.7. The SMILES string of the molecule is CSc1nc(NC(C)C)c2cnn(CCNC(=O)CSc3nc4ccccc4o3)c2n1. The molecule has 31 heavy (non-hydrogen) atoms. The van der Waals surface area contributed by atoms with Gasteiger partial charge in [-0.05, 0) is 32.2 Å². The van der Waals surface area contributed by atoms with Gasteiger partial charge >= 0.3 is 0 Å². The van der Waals surface area contributed by atoms with E-state index in [-0.39, 0.29) is 17.7 Å². The molecule has 162 valence electrons. The van der Waals surface area contributed by atoms with E-state index in [2.05, 4.69) is 44.5 Å². The van der Waals surface area contributed by atoms with Crippen LogP contribution < -0.4 is 10.6 Å². The molecular weight excluding hydrogens is 434 g/mol. The molecule has 0 aliphatic carbocycles. The summed E-state index contributed by atoms with van der Waals surface area (Å²) in [7, 11) is 0. The first kappa shape index (κ1) is 21.4. The van der Waals surface area contributed by atoms with Gasteiger partial charge in [-0.2, -0.15) is 5.10 Å². The highest BCUT2D eigenvalue weighted by atomic mass is 32.2. The summed E-state index contributed by atoms with van der Waals surface area (Å²) in [5.74, 6) is 0.910. The van der Waals surface area contributed by atoms with Crippen LogP contribution in [-0.4, -0.2) is 55.2 Å². The summed E-state index contributed by atoms with van der Waals surface area (Å²) in [6, 6.07) is 7.78. The van der Waals surface area contributed by atoms with Gasteiger partial charge in [0.1, 0.15) is 11.3 Å². The highest BCUT2D eigenvalue weighted by Crippen LogP contribution is 2.24. The van der Waals surface area contributed by atoms with Crippen molar-refractivity contribution in [1.29, 1.82) is 0 Å². The minimum absolute atomic E-state index is 0.0923. The Morgan fingerprint density at radius 2 is 2.06 bits per heavy atom. The van der Waals surface area contributed by atoms with Crippen LogP contribution in [0.3, 0.4) is 0 Å². The Balaban J connectivity index is 1.34. The number of nitrogens with one attached hydrogen (secondary N) is 2. The Morgan fingerprint density at radius 3 is 2.84 bits per heavy atom. The normalized spacial score (nSPS) is 11.5. The summed E-state index contributed by atoms with van der Waals surface area (Å²) < 4.78 is 7.41. The molecule has 3 aromatic heterocycles. The number of fused-ring (bicyclic) bond motifs is 2. The number of hydrogen-bond acceptors (Lipinski definition) is 9. The Bertz CT molecular complexity index is 1170. The van der Waals surface area contributed by atoms with Crippen molar-refractivity contribution in [3.05, 3.63) is 30.5 Å². The number of carbonyl (C=O) groups is 1. The van der Waals surface area contributed by atoms with Crippen molar-refractivity contribution in [2.24, 2.45) is 0 Å². The van der Waals surface area contributed by atoms with Crippen LogP contribution in [0.5, 0.6) is 0 Å². The smallest absolute Gasteiger partial charge is 0.257 e. The Kier molecular flexibility index (Phi) is 6.62. The van der Waals surface area contributed by atoms with Crippen LogP contribution >= 0.6 is 23.5 Å². The standard InChI is InChI=1S/C20H23N7O2S2/c1-12(2)23-17-13-10-22-27(18(13)26-19(25-17)30-3)9-8-21-16(28)11-31-20-24-14-6-4-5-7-15(14)29-20/h4-7,10,12H,8-9,11H2,1-3H3,(H,21,28)(H,23,25,26). The zero-order valence-electron chi connectivity index (χ0n) is 17.5. The predicted octanol–water partition coefficient (Wildman–Crippen LogP) is 3.42. The molecule has 4 aromatic rings. The number of para-hydroxylation sites is 2. The number of aromatic nitrogens is 5. The number of amides is 1. The lowest BCUT2D eigenvalue weighted by Crippen LogP contribution is -2.29. The molecule has 4 rings (SSSR count). The summed E-state index contributed by atoms with van der Waals surface area (Å²) >= 11 is 2.75.